The number of rotatable bonds is 1. The highest BCUT2D eigenvalue weighted by Gasteiger charge is 2.44. The maximum absolute atomic E-state index is 12.7. The molecule has 2 nitrogen and oxygen atoms in total. The lowest BCUT2D eigenvalue weighted by molar-refractivity contribution is 0.0724. The molecule has 0 aromatic heterocycles. The molecule has 0 heterocycles. The SMILES string of the molecule is CCC1(C)CCC2C(=O)c3ccccc3C(=O)C2CC1. The molecule has 0 radical (unpaired) electrons. The summed E-state index contributed by atoms with van der Waals surface area (Å²) in [4.78, 5) is 25.4. The van der Waals surface area contributed by atoms with Crippen molar-refractivity contribution in [2.75, 3.05) is 0 Å². The van der Waals surface area contributed by atoms with E-state index in [1.165, 1.54) is 0 Å². The molecule has 0 amide bonds. The van der Waals surface area contributed by atoms with Gasteiger partial charge in [-0.2, -0.15) is 0 Å². The molecule has 2 aliphatic rings. The molecular formula is C18H22O2. The predicted molar refractivity (Wildman–Crippen MR) is 78.9 cm³/mol. The van der Waals surface area contributed by atoms with Gasteiger partial charge in [-0.05, 0) is 31.1 Å². The van der Waals surface area contributed by atoms with Gasteiger partial charge in [0.2, 0.25) is 0 Å². The van der Waals surface area contributed by atoms with E-state index in [0.29, 0.717) is 16.5 Å². The van der Waals surface area contributed by atoms with Crippen LogP contribution in [0.25, 0.3) is 0 Å². The van der Waals surface area contributed by atoms with Crippen molar-refractivity contribution in [3.8, 4) is 0 Å². The Kier molecular flexibility index (Phi) is 3.27. The van der Waals surface area contributed by atoms with E-state index >= 15 is 0 Å². The third-order valence-electron chi connectivity index (χ3n) is 5.59. The second kappa shape index (κ2) is 4.83. The Morgan fingerprint density at radius 2 is 1.45 bits per heavy atom. The largest absolute Gasteiger partial charge is 0.294 e. The van der Waals surface area contributed by atoms with Crippen LogP contribution in [0.4, 0.5) is 0 Å². The van der Waals surface area contributed by atoms with Gasteiger partial charge in [-0.15, -0.1) is 0 Å². The first-order valence-corrected chi connectivity index (χ1v) is 7.73. The molecule has 2 unspecified atom stereocenters. The molecule has 20 heavy (non-hydrogen) atoms. The van der Waals surface area contributed by atoms with Gasteiger partial charge < -0.3 is 0 Å². The summed E-state index contributed by atoms with van der Waals surface area (Å²) in [7, 11) is 0. The molecule has 0 spiro atoms. The molecule has 1 saturated carbocycles. The van der Waals surface area contributed by atoms with Gasteiger partial charge in [0.25, 0.3) is 0 Å². The van der Waals surface area contributed by atoms with Crippen LogP contribution in [0.3, 0.4) is 0 Å². The number of hydrogen-bond donors (Lipinski definition) is 0. The number of benzene rings is 1. The quantitative estimate of drug-likeness (QED) is 0.763. The van der Waals surface area contributed by atoms with Crippen LogP contribution in [0, 0.1) is 17.3 Å². The molecule has 0 N–H and O–H groups in total. The van der Waals surface area contributed by atoms with E-state index in [9.17, 15) is 9.59 Å². The van der Waals surface area contributed by atoms with Crippen molar-refractivity contribution in [3.05, 3.63) is 35.4 Å². The average Bonchev–Trinajstić information content (AvgIpc) is 2.65. The zero-order valence-corrected chi connectivity index (χ0v) is 12.3. The number of carbonyl (C=O) groups is 2. The minimum Gasteiger partial charge on any atom is -0.294 e. The Balaban J connectivity index is 1.99. The summed E-state index contributed by atoms with van der Waals surface area (Å²) in [5.74, 6) is 0.243. The molecule has 2 atom stereocenters. The normalized spacial score (nSPS) is 33.3. The molecule has 106 valence electrons. The first kappa shape index (κ1) is 13.5. The molecule has 1 fully saturated rings. The molecule has 0 saturated heterocycles. The Bertz CT molecular complexity index is 513. The average molecular weight is 270 g/mol. The van der Waals surface area contributed by atoms with Crippen molar-refractivity contribution in [2.24, 2.45) is 17.3 Å². The summed E-state index contributed by atoms with van der Waals surface area (Å²) >= 11 is 0. The number of ketones is 2. The lowest BCUT2D eigenvalue weighted by atomic mass is 9.72. The fourth-order valence-electron chi connectivity index (χ4n) is 3.83. The van der Waals surface area contributed by atoms with E-state index in [1.54, 1.807) is 0 Å². The highest BCUT2D eigenvalue weighted by Crippen LogP contribution is 2.45. The van der Waals surface area contributed by atoms with Crippen LogP contribution in [-0.2, 0) is 0 Å². The third-order valence-corrected chi connectivity index (χ3v) is 5.59. The van der Waals surface area contributed by atoms with Crippen LogP contribution in [-0.4, -0.2) is 11.6 Å². The summed E-state index contributed by atoms with van der Waals surface area (Å²) < 4.78 is 0. The summed E-state index contributed by atoms with van der Waals surface area (Å²) in [5.41, 5.74) is 1.60. The van der Waals surface area contributed by atoms with Crippen LogP contribution in [0.1, 0.15) is 66.7 Å². The van der Waals surface area contributed by atoms with Crippen LogP contribution >= 0.6 is 0 Å². The molecule has 3 rings (SSSR count). The Hall–Kier alpha value is -1.44. The molecular weight excluding hydrogens is 248 g/mol. The van der Waals surface area contributed by atoms with E-state index < -0.39 is 0 Å². The minimum atomic E-state index is -0.0780. The standard InChI is InChI=1S/C18H22O2/c1-3-18(2)10-8-14-15(9-11-18)17(20)13-7-5-4-6-12(13)16(14)19/h4-7,14-15H,3,8-11H2,1-2H3. The Morgan fingerprint density at radius 1 is 1.00 bits per heavy atom. The van der Waals surface area contributed by atoms with Gasteiger partial charge in [-0.25, -0.2) is 0 Å². The monoisotopic (exact) mass is 270 g/mol. The minimum absolute atomic E-state index is 0.0780. The summed E-state index contributed by atoms with van der Waals surface area (Å²) in [6, 6.07) is 7.35. The Morgan fingerprint density at radius 3 is 1.85 bits per heavy atom. The van der Waals surface area contributed by atoms with Gasteiger partial charge in [0.15, 0.2) is 11.6 Å². The Labute approximate surface area is 120 Å². The maximum atomic E-state index is 12.7. The van der Waals surface area contributed by atoms with E-state index in [0.717, 1.165) is 32.1 Å². The van der Waals surface area contributed by atoms with Gasteiger partial charge >= 0.3 is 0 Å². The van der Waals surface area contributed by atoms with Crippen molar-refractivity contribution in [2.45, 2.75) is 46.0 Å². The van der Waals surface area contributed by atoms with Crippen molar-refractivity contribution in [1.82, 2.24) is 0 Å². The number of Topliss-reactive ketones (excluding diaryl/α,β-unsaturated/α-hetero) is 2. The molecule has 2 aliphatic carbocycles. The van der Waals surface area contributed by atoms with Gasteiger partial charge in [0.1, 0.15) is 0 Å². The van der Waals surface area contributed by atoms with Gasteiger partial charge in [0.05, 0.1) is 0 Å². The van der Waals surface area contributed by atoms with Crippen molar-refractivity contribution in [1.29, 1.82) is 0 Å². The number of carbonyl (C=O) groups excluding carboxylic acids is 2. The lowest BCUT2D eigenvalue weighted by Crippen LogP contribution is -2.35. The van der Waals surface area contributed by atoms with Crippen LogP contribution in [0.15, 0.2) is 24.3 Å². The van der Waals surface area contributed by atoms with Gasteiger partial charge in [-0.3, -0.25) is 9.59 Å². The second-order valence-electron chi connectivity index (χ2n) is 6.73. The highest BCUT2D eigenvalue weighted by molar-refractivity contribution is 6.15. The predicted octanol–water partition coefficient (Wildman–Crippen LogP) is 4.29. The summed E-state index contributed by atoms with van der Waals surface area (Å²) in [6.07, 6.45) is 4.99. The number of fused-ring (bicyclic) bond motifs is 2. The van der Waals surface area contributed by atoms with E-state index in [4.69, 9.17) is 0 Å². The van der Waals surface area contributed by atoms with Crippen molar-refractivity contribution >= 4 is 11.6 Å². The van der Waals surface area contributed by atoms with E-state index in [-0.39, 0.29) is 23.4 Å². The van der Waals surface area contributed by atoms with Crippen LogP contribution in [0.5, 0.6) is 0 Å². The van der Waals surface area contributed by atoms with Crippen molar-refractivity contribution < 1.29 is 9.59 Å². The third kappa shape index (κ3) is 2.02. The van der Waals surface area contributed by atoms with Crippen LogP contribution < -0.4 is 0 Å². The summed E-state index contributed by atoms with van der Waals surface area (Å²) in [5, 5.41) is 0. The smallest absolute Gasteiger partial charge is 0.167 e. The van der Waals surface area contributed by atoms with E-state index in [1.807, 2.05) is 24.3 Å². The van der Waals surface area contributed by atoms with Gasteiger partial charge in [0, 0.05) is 23.0 Å². The second-order valence-corrected chi connectivity index (χ2v) is 6.73. The zero-order chi connectivity index (χ0) is 14.3. The number of hydrogen-bond acceptors (Lipinski definition) is 2. The lowest BCUT2D eigenvalue weighted by Gasteiger charge is -2.29. The molecule has 0 aliphatic heterocycles. The molecule has 1 aromatic carbocycles. The first-order valence-electron chi connectivity index (χ1n) is 7.73. The van der Waals surface area contributed by atoms with Crippen LogP contribution in [0.2, 0.25) is 0 Å². The zero-order valence-electron chi connectivity index (χ0n) is 12.3. The van der Waals surface area contributed by atoms with Gasteiger partial charge in [-0.1, -0.05) is 44.5 Å². The van der Waals surface area contributed by atoms with E-state index in [2.05, 4.69) is 13.8 Å². The molecule has 0 bridgehead atoms. The van der Waals surface area contributed by atoms with Crippen molar-refractivity contribution in [3.63, 3.8) is 0 Å². The molecule has 1 aromatic rings. The fourth-order valence-corrected chi connectivity index (χ4v) is 3.83. The highest BCUT2D eigenvalue weighted by atomic mass is 16.1. The first-order chi connectivity index (χ1) is 9.56. The summed E-state index contributed by atoms with van der Waals surface area (Å²) in [6.45, 7) is 4.51. The fraction of sp³-hybridized carbons (Fsp3) is 0.556. The molecule has 2 heteroatoms. The maximum Gasteiger partial charge on any atom is 0.167 e. The topological polar surface area (TPSA) is 34.1 Å².